The van der Waals surface area contributed by atoms with E-state index in [9.17, 15) is 4.79 Å². The quantitative estimate of drug-likeness (QED) is 0.323. The lowest BCUT2D eigenvalue weighted by Gasteiger charge is -2.29. The molecule has 4 aromatic rings. The molecule has 2 aromatic heterocycles. The molecule has 0 aliphatic carbocycles. The van der Waals surface area contributed by atoms with Crippen molar-refractivity contribution in [2.24, 2.45) is 0 Å². The molecule has 8 nitrogen and oxygen atoms in total. The zero-order chi connectivity index (χ0) is 26.2. The van der Waals surface area contributed by atoms with Crippen molar-refractivity contribution in [1.29, 1.82) is 0 Å². The highest BCUT2D eigenvalue weighted by atomic mass is 16.6. The number of ether oxygens (including phenoxy) is 2. The molecular weight excluding hydrogens is 466 g/mol. The highest BCUT2D eigenvalue weighted by Gasteiger charge is 2.27. The number of hydrogen-bond donors (Lipinski definition) is 2. The van der Waals surface area contributed by atoms with Crippen LogP contribution in [0.1, 0.15) is 65.7 Å². The van der Waals surface area contributed by atoms with Gasteiger partial charge in [0.1, 0.15) is 11.8 Å². The van der Waals surface area contributed by atoms with Crippen LogP contribution < -0.4 is 5.32 Å². The summed E-state index contributed by atoms with van der Waals surface area (Å²) < 4.78 is 13.4. The number of carbonyl (C=O) groups excluding carboxylic acids is 1. The maximum Gasteiger partial charge on any atom is 0.408 e. The molecule has 37 heavy (non-hydrogen) atoms. The number of benzene rings is 2. The van der Waals surface area contributed by atoms with Gasteiger partial charge in [-0.3, -0.25) is 5.10 Å². The first-order valence-electron chi connectivity index (χ1n) is 12.9. The second kappa shape index (κ2) is 9.67. The van der Waals surface area contributed by atoms with Crippen molar-refractivity contribution in [1.82, 2.24) is 25.3 Å². The first-order valence-corrected chi connectivity index (χ1v) is 12.9. The number of hydrogen-bond acceptors (Lipinski definition) is 5. The molecule has 8 heteroatoms. The third kappa shape index (κ3) is 5.39. The molecule has 3 heterocycles. The number of nitrogens with one attached hydrogen (secondary N) is 2. The third-order valence-corrected chi connectivity index (χ3v) is 6.68. The second-order valence-electron chi connectivity index (χ2n) is 11.2. The van der Waals surface area contributed by atoms with Gasteiger partial charge >= 0.3 is 6.09 Å². The summed E-state index contributed by atoms with van der Waals surface area (Å²) in [5.41, 5.74) is 4.98. The number of fused-ring (bicyclic) bond motifs is 1. The normalized spacial score (nSPS) is 16.6. The molecule has 2 aromatic carbocycles. The summed E-state index contributed by atoms with van der Waals surface area (Å²) in [7, 11) is 0. The van der Waals surface area contributed by atoms with Crippen molar-refractivity contribution in [3.05, 3.63) is 60.6 Å². The first kappa shape index (κ1) is 25.0. The van der Waals surface area contributed by atoms with E-state index >= 15 is 0 Å². The van der Waals surface area contributed by atoms with Gasteiger partial charge in [-0.05, 0) is 76.6 Å². The van der Waals surface area contributed by atoms with E-state index in [0.717, 1.165) is 64.6 Å². The van der Waals surface area contributed by atoms with E-state index in [0.29, 0.717) is 0 Å². The number of carbonyl (C=O) groups is 1. The Morgan fingerprint density at radius 2 is 1.86 bits per heavy atom. The van der Waals surface area contributed by atoms with Gasteiger partial charge in [-0.1, -0.05) is 30.3 Å². The van der Waals surface area contributed by atoms with Crippen molar-refractivity contribution < 1.29 is 14.3 Å². The van der Waals surface area contributed by atoms with E-state index in [-0.39, 0.29) is 6.23 Å². The molecule has 2 N–H and O–H groups in total. The lowest BCUT2D eigenvalue weighted by atomic mass is 9.89. The second-order valence-corrected chi connectivity index (χ2v) is 11.2. The Hall–Kier alpha value is -3.65. The van der Waals surface area contributed by atoms with Crippen LogP contribution in [-0.2, 0) is 15.0 Å². The van der Waals surface area contributed by atoms with Crippen LogP contribution in [0, 0.1) is 0 Å². The monoisotopic (exact) mass is 501 g/mol. The number of amides is 1. The van der Waals surface area contributed by atoms with E-state index in [1.807, 2.05) is 51.7 Å². The summed E-state index contributed by atoms with van der Waals surface area (Å²) in [5.74, 6) is 0. The van der Waals surface area contributed by atoms with Gasteiger partial charge in [-0.25, -0.2) is 9.48 Å². The lowest BCUT2D eigenvalue weighted by Crippen LogP contribution is -2.43. The van der Waals surface area contributed by atoms with E-state index < -0.39 is 17.2 Å². The minimum atomic E-state index is -0.598. The number of aromatic amines is 1. The van der Waals surface area contributed by atoms with Crippen LogP contribution in [0.3, 0.4) is 0 Å². The molecule has 0 saturated carbocycles. The Balaban J connectivity index is 1.49. The Morgan fingerprint density at radius 3 is 2.51 bits per heavy atom. The zero-order valence-corrected chi connectivity index (χ0v) is 22.2. The maximum atomic E-state index is 12.4. The summed E-state index contributed by atoms with van der Waals surface area (Å²) in [5, 5.41) is 16.1. The summed E-state index contributed by atoms with van der Waals surface area (Å²) in [6, 6.07) is 12.5. The molecule has 194 valence electrons. The molecule has 0 bridgehead atoms. The minimum absolute atomic E-state index is 0.0270. The summed E-state index contributed by atoms with van der Waals surface area (Å²) in [6.07, 6.45) is 8.60. The van der Waals surface area contributed by atoms with E-state index in [2.05, 4.69) is 58.1 Å². The van der Waals surface area contributed by atoms with Gasteiger partial charge in [-0.15, -0.1) is 0 Å². The fourth-order valence-corrected chi connectivity index (χ4v) is 4.83. The highest BCUT2D eigenvalue weighted by Crippen LogP contribution is 2.39. The number of rotatable bonds is 5. The average Bonchev–Trinajstić information content (AvgIpc) is 3.53. The van der Waals surface area contributed by atoms with Crippen LogP contribution in [0.15, 0.2) is 55.0 Å². The van der Waals surface area contributed by atoms with Crippen LogP contribution in [0.25, 0.3) is 33.2 Å². The predicted molar refractivity (Wildman–Crippen MR) is 144 cm³/mol. The highest BCUT2D eigenvalue weighted by molar-refractivity contribution is 6.02. The van der Waals surface area contributed by atoms with Crippen LogP contribution in [0.4, 0.5) is 4.79 Å². The number of aromatic nitrogens is 4. The number of nitrogens with zero attached hydrogens (tertiary/aromatic N) is 3. The van der Waals surface area contributed by atoms with Gasteiger partial charge in [0, 0.05) is 35.5 Å². The van der Waals surface area contributed by atoms with Crippen LogP contribution in [0.5, 0.6) is 0 Å². The van der Waals surface area contributed by atoms with Gasteiger partial charge in [-0.2, -0.15) is 10.2 Å². The van der Waals surface area contributed by atoms with Gasteiger partial charge < -0.3 is 14.8 Å². The average molecular weight is 502 g/mol. The van der Waals surface area contributed by atoms with E-state index in [4.69, 9.17) is 14.6 Å². The molecule has 1 amide bonds. The number of H-pyrrole nitrogens is 1. The molecule has 1 saturated heterocycles. The molecule has 0 radical (unpaired) electrons. The third-order valence-electron chi connectivity index (χ3n) is 6.68. The summed E-state index contributed by atoms with van der Waals surface area (Å²) >= 11 is 0. The molecule has 1 unspecified atom stereocenters. The van der Waals surface area contributed by atoms with Crippen molar-refractivity contribution in [2.75, 3.05) is 6.61 Å². The minimum Gasteiger partial charge on any atom is -0.444 e. The van der Waals surface area contributed by atoms with E-state index in [1.165, 1.54) is 0 Å². The van der Waals surface area contributed by atoms with Gasteiger partial charge in [0.25, 0.3) is 0 Å². The maximum absolute atomic E-state index is 12.4. The predicted octanol–water partition coefficient (Wildman–Crippen LogP) is 6.55. The SMILES string of the molecule is CC(C)(C)OC(=O)NC(C)(C)c1ccc(-c2ccc3nn(C4CCCCO4)cc3c2-c2cn[nH]c2)cc1. The molecule has 5 rings (SSSR count). The first-order chi connectivity index (χ1) is 17.6. The van der Waals surface area contributed by atoms with Crippen LogP contribution in [0.2, 0.25) is 0 Å². The number of alkyl carbamates (subject to hydrolysis) is 1. The van der Waals surface area contributed by atoms with Crippen molar-refractivity contribution in [2.45, 2.75) is 71.2 Å². The molecule has 1 fully saturated rings. The lowest BCUT2D eigenvalue weighted by molar-refractivity contribution is -0.0390. The van der Waals surface area contributed by atoms with Crippen LogP contribution in [-0.4, -0.2) is 38.3 Å². The summed E-state index contributed by atoms with van der Waals surface area (Å²) in [6.45, 7) is 10.3. The van der Waals surface area contributed by atoms with Crippen molar-refractivity contribution >= 4 is 17.0 Å². The topological polar surface area (TPSA) is 94.1 Å². The summed E-state index contributed by atoms with van der Waals surface area (Å²) in [4.78, 5) is 12.4. The molecule has 1 atom stereocenters. The Labute approximate surface area is 217 Å². The standard InChI is InChI=1S/C29H35N5O3/c1-28(2,3)37-27(35)32-29(4,5)21-11-9-19(10-12-21)22-13-14-24-23(26(22)20-16-30-31-17-20)18-34(33-24)25-8-6-7-15-36-25/h9-14,16-18,25H,6-8,15H2,1-5H3,(H,30,31)(H,32,35). The van der Waals surface area contributed by atoms with Crippen molar-refractivity contribution in [3.8, 4) is 22.3 Å². The van der Waals surface area contributed by atoms with Gasteiger partial charge in [0.2, 0.25) is 0 Å². The zero-order valence-electron chi connectivity index (χ0n) is 22.2. The van der Waals surface area contributed by atoms with E-state index in [1.54, 1.807) is 0 Å². The molecule has 1 aliphatic rings. The fourth-order valence-electron chi connectivity index (χ4n) is 4.83. The molecule has 1 aliphatic heterocycles. The largest absolute Gasteiger partial charge is 0.444 e. The van der Waals surface area contributed by atoms with Gasteiger partial charge in [0.15, 0.2) is 0 Å². The van der Waals surface area contributed by atoms with Crippen LogP contribution >= 0.6 is 0 Å². The molecule has 0 spiro atoms. The Bertz CT molecular complexity index is 1380. The fraction of sp³-hybridized carbons (Fsp3) is 0.414. The van der Waals surface area contributed by atoms with Crippen molar-refractivity contribution in [3.63, 3.8) is 0 Å². The molecular formula is C29H35N5O3. The van der Waals surface area contributed by atoms with Gasteiger partial charge in [0.05, 0.1) is 17.3 Å². The Morgan fingerprint density at radius 1 is 1.08 bits per heavy atom. The smallest absolute Gasteiger partial charge is 0.408 e. The Kier molecular flexibility index (Phi) is 6.54.